The molecule has 1 unspecified atom stereocenters. The van der Waals surface area contributed by atoms with E-state index in [1.54, 1.807) is 43.5 Å². The van der Waals surface area contributed by atoms with Crippen molar-refractivity contribution in [1.29, 1.82) is 0 Å². The number of para-hydroxylation sites is 1. The van der Waals surface area contributed by atoms with Gasteiger partial charge < -0.3 is 35.2 Å². The van der Waals surface area contributed by atoms with Gasteiger partial charge in [0.15, 0.2) is 5.13 Å². The maximum absolute atomic E-state index is 14.6. The number of anilines is 2. The van der Waals surface area contributed by atoms with Gasteiger partial charge in [-0.25, -0.2) is 27.9 Å². The largest absolute Gasteiger partial charge is 0.497 e. The molecule has 19 heteroatoms. The highest BCUT2D eigenvalue weighted by Crippen LogP contribution is 2.50. The topological polar surface area (TPSA) is 214 Å². The molecule has 1 aliphatic carbocycles. The highest BCUT2D eigenvalue weighted by atomic mass is 32.2. The minimum atomic E-state index is -4.52. The van der Waals surface area contributed by atoms with Crippen LogP contribution >= 0.6 is 11.3 Å². The third kappa shape index (κ3) is 10.2. The van der Waals surface area contributed by atoms with Gasteiger partial charge in [-0.3, -0.25) is 14.4 Å². The number of aromatic nitrogens is 2. The zero-order chi connectivity index (χ0) is 44.9. The van der Waals surface area contributed by atoms with E-state index < -0.39 is 51.5 Å². The number of fused-ring (bicyclic) bond motifs is 3. The van der Waals surface area contributed by atoms with Crippen molar-refractivity contribution in [3.63, 3.8) is 0 Å². The number of isocyanates is 1. The van der Waals surface area contributed by atoms with Gasteiger partial charge in [-0.2, -0.15) is 4.99 Å². The van der Waals surface area contributed by atoms with Crippen LogP contribution in [0.4, 0.5) is 10.8 Å². The molecule has 7 rings (SSSR count). The van der Waals surface area contributed by atoms with Gasteiger partial charge in [0.25, 0.3) is 15.9 Å². The number of pyridine rings is 1. The Morgan fingerprint density at radius 3 is 2.60 bits per heavy atom. The normalized spacial score (nSPS) is 24.8. The average Bonchev–Trinajstić information content (AvgIpc) is 3.51. The highest BCUT2D eigenvalue weighted by Gasteiger charge is 2.62. The van der Waals surface area contributed by atoms with E-state index in [9.17, 15) is 27.6 Å². The first kappa shape index (κ1) is 45.2. The summed E-state index contributed by atoms with van der Waals surface area (Å²) >= 11 is 1.45. The number of hydrogen-bond acceptors (Lipinski definition) is 15. The zero-order valence-electron chi connectivity index (χ0n) is 35.8. The van der Waals surface area contributed by atoms with Crippen LogP contribution in [0, 0.1) is 5.92 Å². The number of carbonyl (C=O) groups is 3. The van der Waals surface area contributed by atoms with Crippen LogP contribution in [0.2, 0.25) is 0 Å². The summed E-state index contributed by atoms with van der Waals surface area (Å²) in [5, 5.41) is 12.5. The van der Waals surface area contributed by atoms with Gasteiger partial charge >= 0.3 is 0 Å². The Bertz CT molecular complexity index is 2530. The number of rotatable bonds is 9. The Balaban J connectivity index is 1.23. The summed E-state index contributed by atoms with van der Waals surface area (Å²) in [5.41, 5.74) is 0.492. The van der Waals surface area contributed by atoms with Crippen LogP contribution < -0.4 is 30.1 Å². The molecule has 1 saturated heterocycles. The molecule has 2 fully saturated rings. The van der Waals surface area contributed by atoms with E-state index in [0.29, 0.717) is 59.0 Å². The smallest absolute Gasteiger partial charge is 0.266 e. The van der Waals surface area contributed by atoms with E-state index in [1.807, 2.05) is 32.3 Å². The number of aliphatic imine (C=N–C) groups is 1. The van der Waals surface area contributed by atoms with E-state index in [4.69, 9.17) is 19.4 Å². The number of hydrogen-bond donors (Lipinski definition) is 4. The molecule has 0 radical (unpaired) electrons. The lowest BCUT2D eigenvalue weighted by Gasteiger charge is -2.29. The van der Waals surface area contributed by atoms with Gasteiger partial charge in [0.1, 0.15) is 45.8 Å². The van der Waals surface area contributed by atoms with Crippen molar-refractivity contribution in [3.05, 3.63) is 66.6 Å². The number of carbonyl (C=O) groups excluding carboxylic acids is 4. The number of amides is 3. The third-order valence-electron chi connectivity index (χ3n) is 11.6. The first-order chi connectivity index (χ1) is 30.2. The molecule has 4 heterocycles. The number of sulfonamides is 1. The van der Waals surface area contributed by atoms with Crippen LogP contribution in [0.1, 0.15) is 52.4 Å². The van der Waals surface area contributed by atoms with Gasteiger partial charge in [0.2, 0.25) is 17.9 Å². The van der Waals surface area contributed by atoms with Crippen molar-refractivity contribution in [2.45, 2.75) is 87.0 Å². The van der Waals surface area contributed by atoms with Crippen molar-refractivity contribution >= 4 is 66.9 Å². The summed E-state index contributed by atoms with van der Waals surface area (Å²) in [6, 6.07) is 10.8. The molecule has 4 N–H and O–H groups in total. The summed E-state index contributed by atoms with van der Waals surface area (Å²) in [6.07, 6.45) is 4.64. The SMILES string of the molecule is C=C[C@@H]1C[C@]1(N=C=O)C1NC(=O)[C@@H]2C[C@@H](Oc3cc(-c4csc(NC(C)C)n4)nc4cc(OC)ccc34)CN2C(=O)CCCN(C)CCCCNc2ccccc2S(=O)(=O)NC1=O. The summed E-state index contributed by atoms with van der Waals surface area (Å²) in [4.78, 5) is 72.0. The monoisotopic (exact) mass is 899 g/mol. The van der Waals surface area contributed by atoms with E-state index in [1.165, 1.54) is 34.5 Å². The predicted molar refractivity (Wildman–Crippen MR) is 240 cm³/mol. The van der Waals surface area contributed by atoms with Gasteiger partial charge in [-0.05, 0) is 83.9 Å². The van der Waals surface area contributed by atoms with Crippen LogP contribution in [0.3, 0.4) is 0 Å². The van der Waals surface area contributed by atoms with Crippen LogP contribution in [-0.2, 0) is 29.2 Å². The Hall–Kier alpha value is -5.88. The maximum Gasteiger partial charge on any atom is 0.266 e. The molecule has 0 spiro atoms. The molecule has 63 heavy (non-hydrogen) atoms. The number of thiazole rings is 1. The molecule has 2 aromatic carbocycles. The Kier molecular flexibility index (Phi) is 13.8. The van der Waals surface area contributed by atoms with Gasteiger partial charge in [-0.1, -0.05) is 18.2 Å². The van der Waals surface area contributed by atoms with E-state index >= 15 is 0 Å². The summed E-state index contributed by atoms with van der Waals surface area (Å²) in [5.74, 6) is -1.66. The molecule has 2 aliphatic heterocycles. The summed E-state index contributed by atoms with van der Waals surface area (Å²) in [6.45, 7) is 9.73. The third-order valence-corrected chi connectivity index (χ3v) is 13.8. The number of ether oxygens (including phenoxy) is 2. The maximum atomic E-state index is 14.6. The number of nitrogens with one attached hydrogen (secondary N) is 4. The second-order valence-electron chi connectivity index (χ2n) is 16.5. The van der Waals surface area contributed by atoms with Crippen LogP contribution in [0.15, 0.2) is 76.5 Å². The summed E-state index contributed by atoms with van der Waals surface area (Å²) < 4.78 is 42.2. The molecule has 3 amide bonds. The molecule has 5 atom stereocenters. The zero-order valence-corrected chi connectivity index (χ0v) is 37.4. The van der Waals surface area contributed by atoms with Crippen LogP contribution in [-0.4, -0.2) is 122 Å². The lowest BCUT2D eigenvalue weighted by atomic mass is 10.0. The fourth-order valence-corrected chi connectivity index (χ4v) is 10.3. The van der Waals surface area contributed by atoms with Crippen LogP contribution in [0.5, 0.6) is 11.5 Å². The predicted octanol–water partition coefficient (Wildman–Crippen LogP) is 4.72. The number of benzene rings is 2. The molecule has 0 bridgehead atoms. The lowest BCUT2D eigenvalue weighted by Crippen LogP contribution is -2.59. The van der Waals surface area contributed by atoms with E-state index in [2.05, 4.69) is 37.1 Å². The van der Waals surface area contributed by atoms with E-state index in [0.717, 1.165) is 24.5 Å². The Labute approximate surface area is 370 Å². The molecule has 334 valence electrons. The fourth-order valence-electron chi connectivity index (χ4n) is 8.25. The molecule has 4 aromatic rings. The highest BCUT2D eigenvalue weighted by molar-refractivity contribution is 7.90. The minimum Gasteiger partial charge on any atom is -0.497 e. The molecule has 2 aromatic heterocycles. The second kappa shape index (κ2) is 19.2. The standard InChI is InChI=1S/C44H53N9O8S2/c1-6-28-23-44(28,46-26-54)40-42(57)51-63(58,59)38-13-8-7-12-32(38)45-17-9-10-18-52(4)19-11-14-39(55)53-24-30(21-36(53)41(56)50-40)61-37-22-34(35-25-62-43(49-35)47-27(2)3)48-33-20-29(60-5)15-16-31(33)37/h6-8,12-13,15-16,20,22,25,27-28,30,36,40,45H,1,9-11,14,17-19,21,23-24H2,2-5H3,(H,47,49)(H,50,56)(H,51,57)/t28-,30-,36+,40?,44-/m1/s1. The lowest BCUT2D eigenvalue weighted by molar-refractivity contribution is -0.139. The van der Waals surface area contributed by atoms with E-state index in [-0.39, 0.29) is 42.7 Å². The minimum absolute atomic E-state index is 0.0203. The summed E-state index contributed by atoms with van der Waals surface area (Å²) in [7, 11) is -0.978. The first-order valence-corrected chi connectivity index (χ1v) is 23.4. The van der Waals surface area contributed by atoms with Gasteiger partial charge in [0.05, 0.1) is 30.6 Å². The van der Waals surface area contributed by atoms with Crippen LogP contribution in [0.25, 0.3) is 22.3 Å². The number of methoxy groups -OCH3 is 1. The molecule has 3 aliphatic rings. The molecular formula is C44H53N9O8S2. The Morgan fingerprint density at radius 1 is 1.06 bits per heavy atom. The quantitative estimate of drug-likeness (QED) is 0.102. The molecular weight excluding hydrogens is 847 g/mol. The van der Waals surface area contributed by atoms with Crippen molar-refractivity contribution in [2.75, 3.05) is 51.0 Å². The van der Waals surface area contributed by atoms with Gasteiger partial charge in [-0.15, -0.1) is 17.9 Å². The van der Waals surface area contributed by atoms with Crippen molar-refractivity contribution in [1.82, 2.24) is 29.8 Å². The Morgan fingerprint density at radius 2 is 1.86 bits per heavy atom. The van der Waals surface area contributed by atoms with Crippen molar-refractivity contribution < 1.29 is 37.1 Å². The van der Waals surface area contributed by atoms with Crippen molar-refractivity contribution in [3.8, 4) is 22.9 Å². The first-order valence-electron chi connectivity index (χ1n) is 21.0. The second-order valence-corrected chi connectivity index (χ2v) is 19.0. The number of nitrogens with zero attached hydrogens (tertiary/aromatic N) is 5. The molecule has 17 nitrogen and oxygen atoms in total. The van der Waals surface area contributed by atoms with Crippen molar-refractivity contribution in [2.24, 2.45) is 10.9 Å². The van der Waals surface area contributed by atoms with Gasteiger partial charge in [0, 0.05) is 54.2 Å². The fraction of sp³-hybridized carbons (Fsp3) is 0.455. The molecule has 1 saturated carbocycles. The average molecular weight is 900 g/mol.